The van der Waals surface area contributed by atoms with Crippen LogP contribution in [0.4, 0.5) is 0 Å². The monoisotopic (exact) mass is 241 g/mol. The van der Waals surface area contributed by atoms with Gasteiger partial charge in [-0.05, 0) is 61.2 Å². The molecule has 1 saturated heterocycles. The highest BCUT2D eigenvalue weighted by Crippen LogP contribution is 2.27. The Kier molecular flexibility index (Phi) is 3.26. The number of rotatable bonds is 2. The minimum Gasteiger partial charge on any atom is -0.326 e. The molecule has 0 unspecified atom stereocenters. The predicted molar refractivity (Wildman–Crippen MR) is 74.5 cm³/mol. The zero-order valence-corrected chi connectivity index (χ0v) is 10.5. The van der Waals surface area contributed by atoms with E-state index in [2.05, 4.69) is 34.6 Å². The van der Waals surface area contributed by atoms with Crippen LogP contribution in [0.3, 0.4) is 0 Å². The highest BCUT2D eigenvalue weighted by atomic mass is 14.9. The summed E-state index contributed by atoms with van der Waals surface area (Å²) in [5.74, 6) is 0.657. The number of hydrogen-bond donors (Lipinski definition) is 2. The molecule has 2 aromatic rings. The Morgan fingerprint density at radius 3 is 2.83 bits per heavy atom. The van der Waals surface area contributed by atoms with Crippen molar-refractivity contribution in [2.24, 2.45) is 5.73 Å². The molecule has 1 fully saturated rings. The lowest BCUT2D eigenvalue weighted by molar-refractivity contribution is 0.460. The lowest BCUT2D eigenvalue weighted by Gasteiger charge is -2.22. The van der Waals surface area contributed by atoms with Crippen molar-refractivity contribution in [3.05, 3.63) is 41.6 Å². The second-order valence-electron chi connectivity index (χ2n) is 5.02. The molecule has 3 rings (SSSR count). The lowest BCUT2D eigenvalue weighted by Crippen LogP contribution is -2.26. The van der Waals surface area contributed by atoms with Gasteiger partial charge in [-0.25, -0.2) is 0 Å². The minimum absolute atomic E-state index is 0.591. The maximum Gasteiger partial charge on any atom is 0.0702 e. The van der Waals surface area contributed by atoms with Gasteiger partial charge in [0, 0.05) is 18.1 Å². The largest absolute Gasteiger partial charge is 0.326 e. The molecule has 0 radical (unpaired) electrons. The third-order valence-corrected chi connectivity index (χ3v) is 3.81. The summed E-state index contributed by atoms with van der Waals surface area (Å²) in [5, 5.41) is 4.62. The third kappa shape index (κ3) is 2.24. The van der Waals surface area contributed by atoms with Crippen LogP contribution in [0.15, 0.2) is 30.5 Å². The van der Waals surface area contributed by atoms with Crippen LogP contribution in [0, 0.1) is 0 Å². The van der Waals surface area contributed by atoms with Crippen LogP contribution in [0.5, 0.6) is 0 Å². The molecule has 0 atom stereocenters. The maximum absolute atomic E-state index is 5.69. The normalized spacial score (nSPS) is 17.2. The molecule has 1 aliphatic heterocycles. The summed E-state index contributed by atoms with van der Waals surface area (Å²) in [5.41, 5.74) is 9.30. The average molecular weight is 241 g/mol. The molecule has 0 amide bonds. The van der Waals surface area contributed by atoms with Gasteiger partial charge in [0.25, 0.3) is 0 Å². The van der Waals surface area contributed by atoms with E-state index in [0.29, 0.717) is 12.5 Å². The van der Waals surface area contributed by atoms with Gasteiger partial charge in [-0.1, -0.05) is 6.07 Å². The predicted octanol–water partition coefficient (Wildman–Crippen LogP) is 2.16. The van der Waals surface area contributed by atoms with Gasteiger partial charge in [0.1, 0.15) is 0 Å². The zero-order chi connectivity index (χ0) is 12.4. The van der Waals surface area contributed by atoms with E-state index in [1.54, 1.807) is 0 Å². The summed E-state index contributed by atoms with van der Waals surface area (Å²) in [6.07, 6.45) is 4.47. The van der Waals surface area contributed by atoms with Crippen molar-refractivity contribution in [1.29, 1.82) is 0 Å². The molecule has 94 valence electrons. The molecule has 2 heterocycles. The number of fused-ring (bicyclic) bond motifs is 1. The lowest BCUT2D eigenvalue weighted by atomic mass is 9.90. The fourth-order valence-corrected chi connectivity index (χ4v) is 2.70. The third-order valence-electron chi connectivity index (χ3n) is 3.81. The first-order chi connectivity index (χ1) is 8.86. The van der Waals surface area contributed by atoms with Gasteiger partial charge in [-0.2, -0.15) is 0 Å². The molecule has 0 aliphatic carbocycles. The van der Waals surface area contributed by atoms with Crippen LogP contribution in [0.2, 0.25) is 0 Å². The molecule has 1 aromatic carbocycles. The number of hydrogen-bond acceptors (Lipinski definition) is 3. The fraction of sp³-hybridized carbons (Fsp3) is 0.400. The summed E-state index contributed by atoms with van der Waals surface area (Å²) < 4.78 is 0. The van der Waals surface area contributed by atoms with Crippen molar-refractivity contribution in [2.45, 2.75) is 25.3 Å². The molecule has 1 aromatic heterocycles. The Bertz CT molecular complexity index is 544. The molecule has 0 spiro atoms. The Morgan fingerprint density at radius 2 is 2.06 bits per heavy atom. The summed E-state index contributed by atoms with van der Waals surface area (Å²) in [4.78, 5) is 4.57. The highest BCUT2D eigenvalue weighted by molar-refractivity contribution is 5.79. The van der Waals surface area contributed by atoms with E-state index in [1.807, 2.05) is 6.20 Å². The zero-order valence-electron chi connectivity index (χ0n) is 10.5. The molecule has 0 bridgehead atoms. The first kappa shape index (κ1) is 11.6. The average Bonchev–Trinajstić information content (AvgIpc) is 2.47. The molecule has 3 N–H and O–H groups in total. The Labute approximate surface area is 107 Å². The van der Waals surface area contributed by atoms with Gasteiger partial charge >= 0.3 is 0 Å². The molecular weight excluding hydrogens is 222 g/mol. The standard InChI is InChI=1S/C15H19N3/c16-9-11-1-2-15-13(7-11)8-14(10-18-15)12-3-5-17-6-4-12/h1-2,7-8,10,12,17H,3-6,9,16H2. The molecular formula is C15H19N3. The van der Waals surface area contributed by atoms with Gasteiger partial charge in [0.2, 0.25) is 0 Å². The van der Waals surface area contributed by atoms with Crippen LogP contribution >= 0.6 is 0 Å². The van der Waals surface area contributed by atoms with E-state index >= 15 is 0 Å². The van der Waals surface area contributed by atoms with Crippen LogP contribution in [0.1, 0.15) is 29.9 Å². The van der Waals surface area contributed by atoms with Crippen molar-refractivity contribution < 1.29 is 0 Å². The summed E-state index contributed by atoms with van der Waals surface area (Å²) in [7, 11) is 0. The first-order valence-electron chi connectivity index (χ1n) is 6.66. The number of nitrogens with two attached hydrogens (primary N) is 1. The Morgan fingerprint density at radius 1 is 1.22 bits per heavy atom. The second-order valence-corrected chi connectivity index (χ2v) is 5.02. The van der Waals surface area contributed by atoms with Crippen molar-refractivity contribution in [1.82, 2.24) is 10.3 Å². The number of nitrogens with zero attached hydrogens (tertiary/aromatic N) is 1. The van der Waals surface area contributed by atoms with E-state index in [0.717, 1.165) is 18.6 Å². The Hall–Kier alpha value is -1.45. The van der Waals surface area contributed by atoms with Gasteiger partial charge in [0.05, 0.1) is 5.52 Å². The highest BCUT2D eigenvalue weighted by Gasteiger charge is 2.15. The van der Waals surface area contributed by atoms with Crippen LogP contribution in [0.25, 0.3) is 10.9 Å². The first-order valence-corrected chi connectivity index (χ1v) is 6.66. The molecule has 0 saturated carbocycles. The van der Waals surface area contributed by atoms with Gasteiger partial charge < -0.3 is 11.1 Å². The minimum atomic E-state index is 0.591. The number of benzene rings is 1. The molecule has 3 heteroatoms. The van der Waals surface area contributed by atoms with Crippen molar-refractivity contribution in [2.75, 3.05) is 13.1 Å². The van der Waals surface area contributed by atoms with Crippen LogP contribution in [-0.4, -0.2) is 18.1 Å². The smallest absolute Gasteiger partial charge is 0.0702 e. The van der Waals surface area contributed by atoms with E-state index in [9.17, 15) is 0 Å². The van der Waals surface area contributed by atoms with Crippen molar-refractivity contribution in [3.63, 3.8) is 0 Å². The van der Waals surface area contributed by atoms with Crippen molar-refractivity contribution >= 4 is 10.9 Å². The van der Waals surface area contributed by atoms with E-state index in [1.165, 1.54) is 29.4 Å². The van der Waals surface area contributed by atoms with Gasteiger partial charge in [0.15, 0.2) is 0 Å². The summed E-state index contributed by atoms with van der Waals surface area (Å²) in [6, 6.07) is 8.56. The Balaban J connectivity index is 1.97. The van der Waals surface area contributed by atoms with Crippen LogP contribution in [-0.2, 0) is 6.54 Å². The van der Waals surface area contributed by atoms with E-state index in [-0.39, 0.29) is 0 Å². The van der Waals surface area contributed by atoms with E-state index < -0.39 is 0 Å². The second kappa shape index (κ2) is 5.04. The summed E-state index contributed by atoms with van der Waals surface area (Å²) >= 11 is 0. The maximum atomic E-state index is 5.69. The number of nitrogens with one attached hydrogen (secondary N) is 1. The van der Waals surface area contributed by atoms with Crippen LogP contribution < -0.4 is 11.1 Å². The molecule has 1 aliphatic rings. The number of pyridine rings is 1. The fourth-order valence-electron chi connectivity index (χ4n) is 2.70. The quantitative estimate of drug-likeness (QED) is 0.847. The van der Waals surface area contributed by atoms with Gasteiger partial charge in [-0.3, -0.25) is 4.98 Å². The molecule has 3 nitrogen and oxygen atoms in total. The SMILES string of the molecule is NCc1ccc2ncc(C3CCNCC3)cc2c1. The van der Waals surface area contributed by atoms with Gasteiger partial charge in [-0.15, -0.1) is 0 Å². The number of piperidine rings is 1. The summed E-state index contributed by atoms with van der Waals surface area (Å²) in [6.45, 7) is 2.82. The van der Waals surface area contributed by atoms with E-state index in [4.69, 9.17) is 5.73 Å². The van der Waals surface area contributed by atoms with Crippen molar-refractivity contribution in [3.8, 4) is 0 Å². The number of aromatic nitrogens is 1. The molecule has 18 heavy (non-hydrogen) atoms. The topological polar surface area (TPSA) is 50.9 Å².